The largest absolute Gasteiger partial charge is 0.496 e. The summed E-state index contributed by atoms with van der Waals surface area (Å²) in [7, 11) is 1.57. The summed E-state index contributed by atoms with van der Waals surface area (Å²) in [5.41, 5.74) is 1.34. The summed E-state index contributed by atoms with van der Waals surface area (Å²) in [5, 5.41) is 6.31. The maximum Gasteiger partial charge on any atom is 0.224 e. The summed E-state index contributed by atoms with van der Waals surface area (Å²) >= 11 is 0. The fourth-order valence-electron chi connectivity index (χ4n) is 2.55. The van der Waals surface area contributed by atoms with E-state index >= 15 is 0 Å². The molecule has 21 heavy (non-hydrogen) atoms. The van der Waals surface area contributed by atoms with Crippen LogP contribution in [0.3, 0.4) is 0 Å². The first kappa shape index (κ1) is 15.5. The molecule has 2 rings (SSSR count). The van der Waals surface area contributed by atoms with Crippen LogP contribution in [0, 0.1) is 0 Å². The van der Waals surface area contributed by atoms with Gasteiger partial charge in [0.2, 0.25) is 5.91 Å². The molecule has 1 aliphatic heterocycles. The van der Waals surface area contributed by atoms with Crippen LogP contribution in [-0.4, -0.2) is 37.9 Å². The number of ketones is 1. The van der Waals surface area contributed by atoms with E-state index in [0.717, 1.165) is 31.5 Å². The molecule has 5 nitrogen and oxygen atoms in total. The van der Waals surface area contributed by atoms with Gasteiger partial charge in [-0.25, -0.2) is 0 Å². The number of carbonyl (C=O) groups excluding carboxylic acids is 2. The lowest BCUT2D eigenvalue weighted by Gasteiger charge is -2.23. The van der Waals surface area contributed by atoms with E-state index in [1.165, 1.54) is 6.92 Å². The van der Waals surface area contributed by atoms with Crippen LogP contribution in [0.25, 0.3) is 0 Å². The van der Waals surface area contributed by atoms with Crippen molar-refractivity contribution in [1.82, 2.24) is 10.6 Å². The monoisotopic (exact) mass is 290 g/mol. The average Bonchev–Trinajstić information content (AvgIpc) is 2.48. The second-order valence-corrected chi connectivity index (χ2v) is 5.35. The Kier molecular flexibility index (Phi) is 5.33. The lowest BCUT2D eigenvalue weighted by molar-refractivity contribution is -0.121. The fourth-order valence-corrected chi connectivity index (χ4v) is 2.55. The van der Waals surface area contributed by atoms with Crippen molar-refractivity contribution >= 4 is 11.7 Å². The predicted molar refractivity (Wildman–Crippen MR) is 80.7 cm³/mol. The van der Waals surface area contributed by atoms with Crippen molar-refractivity contribution in [2.45, 2.75) is 32.2 Å². The summed E-state index contributed by atoms with van der Waals surface area (Å²) in [6, 6.07) is 5.43. The summed E-state index contributed by atoms with van der Waals surface area (Å²) in [6.07, 6.45) is 2.14. The van der Waals surface area contributed by atoms with Crippen molar-refractivity contribution < 1.29 is 14.3 Å². The maximum atomic E-state index is 12.2. The molecule has 0 aromatic heterocycles. The highest BCUT2D eigenvalue weighted by Gasteiger charge is 2.17. The number of ether oxygens (including phenoxy) is 1. The highest BCUT2D eigenvalue weighted by atomic mass is 16.5. The highest BCUT2D eigenvalue weighted by molar-refractivity contribution is 5.94. The summed E-state index contributed by atoms with van der Waals surface area (Å²) < 4.78 is 5.27. The topological polar surface area (TPSA) is 67.4 Å². The number of hydrogen-bond donors (Lipinski definition) is 2. The van der Waals surface area contributed by atoms with Crippen LogP contribution in [-0.2, 0) is 11.2 Å². The molecule has 0 aliphatic carbocycles. The zero-order valence-corrected chi connectivity index (χ0v) is 12.6. The van der Waals surface area contributed by atoms with E-state index in [4.69, 9.17) is 4.74 Å². The Balaban J connectivity index is 2.04. The molecule has 0 saturated carbocycles. The molecule has 1 aromatic carbocycles. The molecule has 2 N–H and O–H groups in total. The molecule has 1 aliphatic rings. The van der Waals surface area contributed by atoms with Crippen LogP contribution < -0.4 is 15.4 Å². The van der Waals surface area contributed by atoms with Gasteiger partial charge in [0.25, 0.3) is 0 Å². The van der Waals surface area contributed by atoms with Crippen molar-refractivity contribution in [3.63, 3.8) is 0 Å². The van der Waals surface area contributed by atoms with Gasteiger partial charge in [0, 0.05) is 17.2 Å². The molecule has 5 heteroatoms. The van der Waals surface area contributed by atoms with Crippen molar-refractivity contribution in [3.8, 4) is 5.75 Å². The molecule has 1 saturated heterocycles. The molecule has 0 unspecified atom stereocenters. The van der Waals surface area contributed by atoms with E-state index in [-0.39, 0.29) is 24.2 Å². The minimum atomic E-state index is -0.0269. The fraction of sp³-hybridized carbons (Fsp3) is 0.500. The number of Topliss-reactive ketones (excluding diaryl/α,β-unsaturated/α-hetero) is 1. The van der Waals surface area contributed by atoms with Gasteiger partial charge >= 0.3 is 0 Å². The third-order valence-corrected chi connectivity index (χ3v) is 3.74. The third-order valence-electron chi connectivity index (χ3n) is 3.74. The molecular weight excluding hydrogens is 268 g/mol. The Morgan fingerprint density at radius 3 is 2.67 bits per heavy atom. The van der Waals surface area contributed by atoms with Crippen molar-refractivity contribution in [2.24, 2.45) is 0 Å². The van der Waals surface area contributed by atoms with Crippen LogP contribution in [0.2, 0.25) is 0 Å². The molecule has 1 aromatic rings. The minimum Gasteiger partial charge on any atom is -0.496 e. The number of carbonyl (C=O) groups is 2. The number of rotatable bonds is 5. The van der Waals surface area contributed by atoms with Gasteiger partial charge in [0.05, 0.1) is 13.5 Å². The number of methoxy groups -OCH3 is 1. The van der Waals surface area contributed by atoms with Gasteiger partial charge in [0.15, 0.2) is 5.78 Å². The molecule has 1 fully saturated rings. The van der Waals surface area contributed by atoms with Crippen LogP contribution in [0.15, 0.2) is 18.2 Å². The third kappa shape index (κ3) is 4.29. The summed E-state index contributed by atoms with van der Waals surface area (Å²) in [6.45, 7) is 3.39. The van der Waals surface area contributed by atoms with Crippen LogP contribution in [0.4, 0.5) is 0 Å². The summed E-state index contributed by atoms with van der Waals surface area (Å²) in [4.78, 5) is 23.6. The molecule has 1 amide bonds. The van der Waals surface area contributed by atoms with Crippen molar-refractivity contribution in [3.05, 3.63) is 29.3 Å². The highest BCUT2D eigenvalue weighted by Crippen LogP contribution is 2.21. The molecule has 0 radical (unpaired) electrons. The molecule has 1 heterocycles. The molecule has 0 bridgehead atoms. The number of amides is 1. The minimum absolute atomic E-state index is 0.0160. The van der Waals surface area contributed by atoms with Gasteiger partial charge in [-0.05, 0) is 51.1 Å². The van der Waals surface area contributed by atoms with Gasteiger partial charge in [0.1, 0.15) is 5.75 Å². The Morgan fingerprint density at radius 2 is 2.05 bits per heavy atom. The Bertz CT molecular complexity index is 522. The second kappa shape index (κ2) is 7.22. The summed E-state index contributed by atoms with van der Waals surface area (Å²) in [5.74, 6) is 0.596. The van der Waals surface area contributed by atoms with Crippen molar-refractivity contribution in [2.75, 3.05) is 20.2 Å². The van der Waals surface area contributed by atoms with E-state index in [2.05, 4.69) is 10.6 Å². The van der Waals surface area contributed by atoms with Crippen LogP contribution >= 0.6 is 0 Å². The van der Waals surface area contributed by atoms with E-state index < -0.39 is 0 Å². The van der Waals surface area contributed by atoms with E-state index in [1.54, 1.807) is 25.3 Å². The number of benzene rings is 1. The smallest absolute Gasteiger partial charge is 0.224 e. The first-order valence-electron chi connectivity index (χ1n) is 7.28. The van der Waals surface area contributed by atoms with Crippen LogP contribution in [0.5, 0.6) is 5.75 Å². The van der Waals surface area contributed by atoms with Gasteiger partial charge in [-0.2, -0.15) is 0 Å². The maximum absolute atomic E-state index is 12.2. The predicted octanol–water partition coefficient (Wildman–Crippen LogP) is 1.31. The Hall–Kier alpha value is -1.88. The zero-order valence-electron chi connectivity index (χ0n) is 12.6. The molecular formula is C16H22N2O3. The average molecular weight is 290 g/mol. The standard InChI is InChI=1S/C16H22N2O3/c1-11(19)12-3-4-15(21-2)13(9-12)10-16(20)18-14-5-7-17-8-6-14/h3-4,9,14,17H,5-8,10H2,1-2H3,(H,18,20). The van der Waals surface area contributed by atoms with E-state index in [1.807, 2.05) is 0 Å². The Morgan fingerprint density at radius 1 is 1.33 bits per heavy atom. The lowest BCUT2D eigenvalue weighted by Crippen LogP contribution is -2.43. The zero-order chi connectivity index (χ0) is 15.2. The van der Waals surface area contributed by atoms with Gasteiger partial charge in [-0.1, -0.05) is 0 Å². The van der Waals surface area contributed by atoms with Crippen molar-refractivity contribution in [1.29, 1.82) is 0 Å². The molecule has 114 valence electrons. The first-order chi connectivity index (χ1) is 10.1. The first-order valence-corrected chi connectivity index (χ1v) is 7.28. The number of nitrogens with one attached hydrogen (secondary N) is 2. The molecule has 0 spiro atoms. The number of piperidine rings is 1. The Labute approximate surface area is 125 Å². The molecule has 0 atom stereocenters. The number of hydrogen-bond acceptors (Lipinski definition) is 4. The normalized spacial score (nSPS) is 15.5. The SMILES string of the molecule is COc1ccc(C(C)=O)cc1CC(=O)NC1CCNCC1. The van der Waals surface area contributed by atoms with E-state index in [9.17, 15) is 9.59 Å². The van der Waals surface area contributed by atoms with E-state index in [0.29, 0.717) is 11.3 Å². The second-order valence-electron chi connectivity index (χ2n) is 5.35. The van der Waals surface area contributed by atoms with Gasteiger partial charge in [-0.3, -0.25) is 9.59 Å². The lowest BCUT2D eigenvalue weighted by atomic mass is 10.0. The van der Waals surface area contributed by atoms with Gasteiger partial charge < -0.3 is 15.4 Å². The quantitative estimate of drug-likeness (QED) is 0.802. The van der Waals surface area contributed by atoms with Gasteiger partial charge in [-0.15, -0.1) is 0 Å². The van der Waals surface area contributed by atoms with Crippen LogP contribution in [0.1, 0.15) is 35.7 Å².